The maximum atomic E-state index is 13.2. The molecule has 31 heavy (non-hydrogen) atoms. The monoisotopic (exact) mass is 424 g/mol. The molecule has 0 saturated heterocycles. The van der Waals surface area contributed by atoms with Crippen LogP contribution in [0, 0.1) is 0 Å². The van der Waals surface area contributed by atoms with Gasteiger partial charge in [0.05, 0.1) is 0 Å². The Kier molecular flexibility index (Phi) is 8.33. The van der Waals surface area contributed by atoms with E-state index in [1.807, 2.05) is 48.5 Å². The molecule has 6 nitrogen and oxygen atoms in total. The number of benzene rings is 2. The summed E-state index contributed by atoms with van der Waals surface area (Å²) in [4.78, 5) is 27.5. The topological polar surface area (TPSA) is 67.9 Å². The SMILES string of the molecule is CCCCNC(=O)C(C)N(Cc1ccccc1)C(=O)CCc1ccc2c(c1)OCCO2. The highest BCUT2D eigenvalue weighted by Crippen LogP contribution is 2.31. The number of hydrogen-bond donors (Lipinski definition) is 1. The van der Waals surface area contributed by atoms with Gasteiger partial charge in [0.2, 0.25) is 11.8 Å². The van der Waals surface area contributed by atoms with Crippen LogP contribution < -0.4 is 14.8 Å². The van der Waals surface area contributed by atoms with Gasteiger partial charge in [-0.25, -0.2) is 0 Å². The molecule has 2 amide bonds. The van der Waals surface area contributed by atoms with E-state index in [1.165, 1.54) is 0 Å². The lowest BCUT2D eigenvalue weighted by molar-refractivity contribution is -0.140. The average Bonchev–Trinajstić information content (AvgIpc) is 2.81. The molecule has 2 aromatic carbocycles. The summed E-state index contributed by atoms with van der Waals surface area (Å²) in [6, 6.07) is 15.0. The second-order valence-electron chi connectivity index (χ2n) is 7.81. The van der Waals surface area contributed by atoms with Crippen molar-refractivity contribution in [3.8, 4) is 11.5 Å². The zero-order chi connectivity index (χ0) is 22.1. The fourth-order valence-corrected chi connectivity index (χ4v) is 3.54. The molecule has 3 rings (SSSR count). The van der Waals surface area contributed by atoms with Gasteiger partial charge in [-0.3, -0.25) is 9.59 Å². The number of carbonyl (C=O) groups is 2. The number of amides is 2. The van der Waals surface area contributed by atoms with Gasteiger partial charge in [-0.1, -0.05) is 49.7 Å². The smallest absolute Gasteiger partial charge is 0.242 e. The van der Waals surface area contributed by atoms with E-state index in [9.17, 15) is 9.59 Å². The Balaban J connectivity index is 1.67. The van der Waals surface area contributed by atoms with Gasteiger partial charge in [0.25, 0.3) is 0 Å². The van der Waals surface area contributed by atoms with Gasteiger partial charge in [0.15, 0.2) is 11.5 Å². The molecule has 0 aliphatic carbocycles. The quantitative estimate of drug-likeness (QED) is 0.590. The van der Waals surface area contributed by atoms with Crippen molar-refractivity contribution in [1.82, 2.24) is 10.2 Å². The summed E-state index contributed by atoms with van der Waals surface area (Å²) < 4.78 is 11.2. The summed E-state index contributed by atoms with van der Waals surface area (Å²) in [5.41, 5.74) is 2.01. The maximum Gasteiger partial charge on any atom is 0.242 e. The molecular weight excluding hydrogens is 392 g/mol. The van der Waals surface area contributed by atoms with Crippen molar-refractivity contribution in [1.29, 1.82) is 0 Å². The van der Waals surface area contributed by atoms with E-state index < -0.39 is 6.04 Å². The van der Waals surface area contributed by atoms with Crippen LogP contribution >= 0.6 is 0 Å². The number of fused-ring (bicyclic) bond motifs is 1. The molecule has 6 heteroatoms. The minimum absolute atomic E-state index is 0.0446. The number of carbonyl (C=O) groups excluding carboxylic acids is 2. The van der Waals surface area contributed by atoms with Crippen molar-refractivity contribution >= 4 is 11.8 Å². The van der Waals surface area contributed by atoms with E-state index in [2.05, 4.69) is 12.2 Å². The normalized spacial score (nSPS) is 13.4. The van der Waals surface area contributed by atoms with Crippen LogP contribution in [0.5, 0.6) is 11.5 Å². The Morgan fingerprint density at radius 3 is 2.52 bits per heavy atom. The molecule has 0 aromatic heterocycles. The van der Waals surface area contributed by atoms with E-state index in [4.69, 9.17) is 9.47 Å². The largest absolute Gasteiger partial charge is 0.486 e. The van der Waals surface area contributed by atoms with Crippen LogP contribution in [-0.4, -0.2) is 42.5 Å². The minimum Gasteiger partial charge on any atom is -0.486 e. The Labute approximate surface area is 184 Å². The first-order valence-corrected chi connectivity index (χ1v) is 11.1. The molecule has 1 unspecified atom stereocenters. The van der Waals surface area contributed by atoms with Gasteiger partial charge in [0.1, 0.15) is 19.3 Å². The molecule has 0 spiro atoms. The Bertz CT molecular complexity index is 869. The van der Waals surface area contributed by atoms with Crippen molar-refractivity contribution in [2.24, 2.45) is 0 Å². The van der Waals surface area contributed by atoms with Crippen molar-refractivity contribution in [2.75, 3.05) is 19.8 Å². The zero-order valence-electron chi connectivity index (χ0n) is 18.4. The Hall–Kier alpha value is -3.02. The van der Waals surface area contributed by atoms with Crippen LogP contribution in [0.4, 0.5) is 0 Å². The predicted octanol–water partition coefficient (Wildman–Crippen LogP) is 3.72. The predicted molar refractivity (Wildman–Crippen MR) is 120 cm³/mol. The van der Waals surface area contributed by atoms with Gasteiger partial charge in [0, 0.05) is 19.5 Å². The van der Waals surface area contributed by atoms with Gasteiger partial charge >= 0.3 is 0 Å². The molecule has 1 heterocycles. The maximum absolute atomic E-state index is 13.2. The average molecular weight is 425 g/mol. The van der Waals surface area contributed by atoms with Crippen molar-refractivity contribution < 1.29 is 19.1 Å². The highest BCUT2D eigenvalue weighted by molar-refractivity contribution is 5.87. The lowest BCUT2D eigenvalue weighted by atomic mass is 10.1. The number of rotatable bonds is 10. The second-order valence-corrected chi connectivity index (χ2v) is 7.81. The number of hydrogen-bond acceptors (Lipinski definition) is 4. The molecule has 1 aliphatic rings. The third-order valence-corrected chi connectivity index (χ3v) is 5.43. The summed E-state index contributed by atoms with van der Waals surface area (Å²) in [6.45, 7) is 6.00. The molecular formula is C25H32N2O4. The first kappa shape index (κ1) is 22.7. The standard InChI is InChI=1S/C25H32N2O4/c1-3-4-14-26-25(29)19(2)27(18-21-8-6-5-7-9-21)24(28)13-11-20-10-12-22-23(17-20)31-16-15-30-22/h5-10,12,17,19H,3-4,11,13-16,18H2,1-2H3,(H,26,29). The Morgan fingerprint density at radius 2 is 1.77 bits per heavy atom. The number of nitrogens with zero attached hydrogens (tertiary/aromatic N) is 1. The number of ether oxygens (including phenoxy) is 2. The van der Waals surface area contributed by atoms with Crippen LogP contribution in [0.1, 0.15) is 44.2 Å². The van der Waals surface area contributed by atoms with Crippen LogP contribution in [-0.2, 0) is 22.6 Å². The molecule has 1 atom stereocenters. The number of unbranched alkanes of at least 4 members (excludes halogenated alkanes) is 1. The van der Waals surface area contributed by atoms with E-state index in [-0.39, 0.29) is 11.8 Å². The highest BCUT2D eigenvalue weighted by Gasteiger charge is 2.25. The first-order valence-electron chi connectivity index (χ1n) is 11.1. The van der Waals surface area contributed by atoms with Crippen LogP contribution in [0.3, 0.4) is 0 Å². The summed E-state index contributed by atoms with van der Waals surface area (Å²) in [5, 5.41) is 2.95. The summed E-state index contributed by atoms with van der Waals surface area (Å²) >= 11 is 0. The molecule has 1 N–H and O–H groups in total. The first-order chi connectivity index (χ1) is 15.1. The lowest BCUT2D eigenvalue weighted by Gasteiger charge is -2.29. The minimum atomic E-state index is -0.537. The van der Waals surface area contributed by atoms with Gasteiger partial charge in [-0.15, -0.1) is 0 Å². The fraction of sp³-hybridized carbons (Fsp3) is 0.440. The van der Waals surface area contributed by atoms with E-state index in [1.54, 1.807) is 11.8 Å². The van der Waals surface area contributed by atoms with Crippen LogP contribution in [0.25, 0.3) is 0 Å². The second kappa shape index (κ2) is 11.4. The molecule has 0 radical (unpaired) electrons. The molecule has 2 aromatic rings. The number of nitrogens with one attached hydrogen (secondary N) is 1. The fourth-order valence-electron chi connectivity index (χ4n) is 3.54. The Morgan fingerprint density at radius 1 is 1.03 bits per heavy atom. The molecule has 0 fully saturated rings. The van der Waals surface area contributed by atoms with E-state index >= 15 is 0 Å². The molecule has 166 valence electrons. The number of aryl methyl sites for hydroxylation is 1. The summed E-state index contributed by atoms with van der Waals surface area (Å²) in [7, 11) is 0. The van der Waals surface area contributed by atoms with Crippen molar-refractivity contribution in [3.63, 3.8) is 0 Å². The molecule has 0 bridgehead atoms. The third-order valence-electron chi connectivity index (χ3n) is 5.43. The highest BCUT2D eigenvalue weighted by atomic mass is 16.6. The van der Waals surface area contributed by atoms with Crippen molar-refractivity contribution in [2.45, 2.75) is 52.1 Å². The zero-order valence-corrected chi connectivity index (χ0v) is 18.4. The van der Waals surface area contributed by atoms with Gasteiger partial charge < -0.3 is 19.7 Å². The third kappa shape index (κ3) is 6.48. The van der Waals surface area contributed by atoms with Crippen LogP contribution in [0.2, 0.25) is 0 Å². The molecule has 0 saturated carbocycles. The summed E-state index contributed by atoms with van der Waals surface area (Å²) in [6.07, 6.45) is 2.83. The van der Waals surface area contributed by atoms with E-state index in [0.29, 0.717) is 39.1 Å². The molecule has 1 aliphatic heterocycles. The summed E-state index contributed by atoms with van der Waals surface area (Å²) in [5.74, 6) is 1.30. The lowest BCUT2D eigenvalue weighted by Crippen LogP contribution is -2.47. The van der Waals surface area contributed by atoms with E-state index in [0.717, 1.165) is 35.5 Å². The van der Waals surface area contributed by atoms with Crippen LogP contribution in [0.15, 0.2) is 48.5 Å². The van der Waals surface area contributed by atoms with Crippen molar-refractivity contribution in [3.05, 3.63) is 59.7 Å². The van der Waals surface area contributed by atoms with Gasteiger partial charge in [-0.05, 0) is 43.0 Å². The van der Waals surface area contributed by atoms with Gasteiger partial charge in [-0.2, -0.15) is 0 Å².